The minimum absolute atomic E-state index is 0.325. The van der Waals surface area contributed by atoms with Crippen LogP contribution in [-0.2, 0) is 0 Å². The van der Waals surface area contributed by atoms with Crippen LogP contribution < -0.4 is 4.74 Å². The Morgan fingerprint density at radius 3 is 2.24 bits per heavy atom. The maximum absolute atomic E-state index is 6.02. The second kappa shape index (κ2) is 6.86. The van der Waals surface area contributed by atoms with E-state index in [4.69, 9.17) is 4.74 Å². The van der Waals surface area contributed by atoms with Gasteiger partial charge in [-0.3, -0.25) is 0 Å². The summed E-state index contributed by atoms with van der Waals surface area (Å²) in [6.07, 6.45) is 3.22. The summed E-state index contributed by atoms with van der Waals surface area (Å²) >= 11 is 0. The number of hydrogen-bond donors (Lipinski definition) is 0. The predicted octanol–water partition coefficient (Wildman–Crippen LogP) is 6.43. The fourth-order valence-corrected chi connectivity index (χ4v) is 3.36. The van der Waals surface area contributed by atoms with Gasteiger partial charge in [-0.1, -0.05) is 55.5 Å². The number of fused-ring (bicyclic) bond motifs is 1. The van der Waals surface area contributed by atoms with Crippen LogP contribution in [0.15, 0.2) is 91.1 Å². The maximum atomic E-state index is 6.02. The van der Waals surface area contributed by atoms with Gasteiger partial charge in [0.1, 0.15) is 11.5 Å². The molecular formula is C23H21NO. The molecule has 0 aliphatic heterocycles. The van der Waals surface area contributed by atoms with Crippen molar-refractivity contribution < 1.29 is 4.74 Å². The molecule has 1 aromatic heterocycles. The molecule has 25 heavy (non-hydrogen) atoms. The van der Waals surface area contributed by atoms with Crippen LogP contribution in [0, 0.1) is 0 Å². The molecule has 1 atom stereocenters. The van der Waals surface area contributed by atoms with Crippen LogP contribution in [0.5, 0.6) is 11.5 Å². The first kappa shape index (κ1) is 15.5. The Kier molecular flexibility index (Phi) is 4.26. The number of ether oxygens (including phenoxy) is 1. The summed E-state index contributed by atoms with van der Waals surface area (Å²) in [5.74, 6) is 1.72. The molecule has 124 valence electrons. The highest BCUT2D eigenvalue weighted by Crippen LogP contribution is 2.31. The lowest BCUT2D eigenvalue weighted by Crippen LogP contribution is -2.08. The van der Waals surface area contributed by atoms with E-state index >= 15 is 0 Å². The highest BCUT2D eigenvalue weighted by atomic mass is 16.5. The molecule has 1 unspecified atom stereocenters. The van der Waals surface area contributed by atoms with Gasteiger partial charge in [0.15, 0.2) is 0 Å². The van der Waals surface area contributed by atoms with Crippen LogP contribution in [0.4, 0.5) is 0 Å². The molecule has 0 saturated carbocycles. The topological polar surface area (TPSA) is 14.2 Å². The third kappa shape index (κ3) is 3.16. The molecule has 0 bridgehead atoms. The molecule has 2 nitrogen and oxygen atoms in total. The van der Waals surface area contributed by atoms with Crippen LogP contribution in [0.3, 0.4) is 0 Å². The van der Waals surface area contributed by atoms with Gasteiger partial charge in [0.25, 0.3) is 0 Å². The zero-order chi connectivity index (χ0) is 17.1. The lowest BCUT2D eigenvalue weighted by Gasteiger charge is -2.19. The van der Waals surface area contributed by atoms with Crippen molar-refractivity contribution >= 4 is 10.9 Å². The van der Waals surface area contributed by atoms with Crippen LogP contribution in [0.1, 0.15) is 24.9 Å². The number of para-hydroxylation sites is 1. The molecule has 0 aliphatic rings. The molecule has 0 N–H and O–H groups in total. The first-order chi connectivity index (χ1) is 12.3. The number of aromatic nitrogens is 1. The quantitative estimate of drug-likeness (QED) is 0.412. The van der Waals surface area contributed by atoms with Gasteiger partial charge in [0.05, 0.1) is 11.6 Å². The third-order valence-corrected chi connectivity index (χ3v) is 4.58. The molecule has 0 radical (unpaired) electrons. The zero-order valence-electron chi connectivity index (χ0n) is 14.3. The lowest BCUT2D eigenvalue weighted by atomic mass is 10.0. The van der Waals surface area contributed by atoms with Gasteiger partial charge in [-0.15, -0.1) is 0 Å². The van der Waals surface area contributed by atoms with E-state index in [1.54, 1.807) is 0 Å². The standard InChI is InChI=1S/C23H21NO/c1-2-22(18-9-5-3-6-10-18)24-16-15-19-13-14-21(17-23(19)24)25-20-11-7-4-8-12-20/h3-17,22H,2H2,1H3. The average molecular weight is 327 g/mol. The fourth-order valence-electron chi connectivity index (χ4n) is 3.36. The molecule has 4 rings (SSSR count). The molecule has 4 aromatic rings. The normalized spacial score (nSPS) is 12.2. The molecule has 3 aromatic carbocycles. The lowest BCUT2D eigenvalue weighted by molar-refractivity contribution is 0.482. The predicted molar refractivity (Wildman–Crippen MR) is 103 cm³/mol. The van der Waals surface area contributed by atoms with Crippen LogP contribution in [0.25, 0.3) is 10.9 Å². The van der Waals surface area contributed by atoms with Gasteiger partial charge in [-0.2, -0.15) is 0 Å². The molecule has 0 saturated heterocycles. The first-order valence-corrected chi connectivity index (χ1v) is 8.73. The summed E-state index contributed by atoms with van der Waals surface area (Å²) in [7, 11) is 0. The Balaban J connectivity index is 1.73. The Bertz CT molecular complexity index is 957. The molecule has 0 spiro atoms. The van der Waals surface area contributed by atoms with Gasteiger partial charge in [0, 0.05) is 12.3 Å². The van der Waals surface area contributed by atoms with Crippen molar-refractivity contribution in [3.05, 3.63) is 96.7 Å². The van der Waals surface area contributed by atoms with Crippen molar-refractivity contribution in [2.24, 2.45) is 0 Å². The summed E-state index contributed by atoms with van der Waals surface area (Å²) in [4.78, 5) is 0. The van der Waals surface area contributed by atoms with E-state index in [9.17, 15) is 0 Å². The van der Waals surface area contributed by atoms with Crippen molar-refractivity contribution in [2.45, 2.75) is 19.4 Å². The monoisotopic (exact) mass is 327 g/mol. The van der Waals surface area contributed by atoms with Crippen molar-refractivity contribution in [1.29, 1.82) is 0 Å². The van der Waals surface area contributed by atoms with Crippen LogP contribution in [-0.4, -0.2) is 4.57 Å². The Hall–Kier alpha value is -3.00. The summed E-state index contributed by atoms with van der Waals surface area (Å²) in [6.45, 7) is 2.23. The van der Waals surface area contributed by atoms with Crippen molar-refractivity contribution in [2.75, 3.05) is 0 Å². The third-order valence-electron chi connectivity index (χ3n) is 4.58. The fraction of sp³-hybridized carbons (Fsp3) is 0.130. The Morgan fingerprint density at radius 2 is 1.52 bits per heavy atom. The first-order valence-electron chi connectivity index (χ1n) is 8.73. The molecule has 0 amide bonds. The average Bonchev–Trinajstić information content (AvgIpc) is 3.07. The molecule has 2 heteroatoms. The smallest absolute Gasteiger partial charge is 0.129 e. The van der Waals surface area contributed by atoms with Gasteiger partial charge in [-0.05, 0) is 47.7 Å². The van der Waals surface area contributed by atoms with Crippen molar-refractivity contribution in [1.82, 2.24) is 4.57 Å². The second-order valence-electron chi connectivity index (χ2n) is 6.19. The van der Waals surface area contributed by atoms with Crippen molar-refractivity contribution in [3.63, 3.8) is 0 Å². The van der Waals surface area contributed by atoms with E-state index in [2.05, 4.69) is 66.2 Å². The number of hydrogen-bond acceptors (Lipinski definition) is 1. The highest BCUT2D eigenvalue weighted by Gasteiger charge is 2.14. The maximum Gasteiger partial charge on any atom is 0.129 e. The van der Waals surface area contributed by atoms with E-state index in [-0.39, 0.29) is 0 Å². The number of nitrogens with zero attached hydrogens (tertiary/aromatic N) is 1. The summed E-state index contributed by atoms with van der Waals surface area (Å²) in [5, 5.41) is 1.23. The second-order valence-corrected chi connectivity index (χ2v) is 6.19. The van der Waals surface area contributed by atoms with Crippen LogP contribution >= 0.6 is 0 Å². The van der Waals surface area contributed by atoms with Gasteiger partial charge < -0.3 is 9.30 Å². The molecule has 1 heterocycles. The number of benzene rings is 3. The molecule has 0 fully saturated rings. The van der Waals surface area contributed by atoms with E-state index in [1.165, 1.54) is 16.5 Å². The highest BCUT2D eigenvalue weighted by molar-refractivity contribution is 5.82. The van der Waals surface area contributed by atoms with E-state index < -0.39 is 0 Å². The molecule has 0 aliphatic carbocycles. The minimum Gasteiger partial charge on any atom is -0.457 e. The van der Waals surface area contributed by atoms with Gasteiger partial charge in [-0.25, -0.2) is 0 Å². The summed E-state index contributed by atoms with van der Waals surface area (Å²) in [5.41, 5.74) is 2.53. The summed E-state index contributed by atoms with van der Waals surface area (Å²) < 4.78 is 8.37. The number of rotatable bonds is 5. The largest absolute Gasteiger partial charge is 0.457 e. The minimum atomic E-state index is 0.325. The van der Waals surface area contributed by atoms with E-state index in [0.29, 0.717) is 6.04 Å². The SMILES string of the molecule is CCC(c1ccccc1)n1ccc2ccc(Oc3ccccc3)cc21. The van der Waals surface area contributed by atoms with Gasteiger partial charge >= 0.3 is 0 Å². The molecular weight excluding hydrogens is 306 g/mol. The Morgan fingerprint density at radius 1 is 0.800 bits per heavy atom. The Labute approximate surface area is 148 Å². The van der Waals surface area contributed by atoms with Crippen LogP contribution in [0.2, 0.25) is 0 Å². The van der Waals surface area contributed by atoms with E-state index in [1.807, 2.05) is 36.4 Å². The van der Waals surface area contributed by atoms with Crippen molar-refractivity contribution in [3.8, 4) is 11.5 Å². The van der Waals surface area contributed by atoms with Gasteiger partial charge in [0.2, 0.25) is 0 Å². The zero-order valence-corrected chi connectivity index (χ0v) is 14.3. The summed E-state index contributed by atoms with van der Waals surface area (Å²) in [6, 6.07) is 29.4. The van der Waals surface area contributed by atoms with E-state index in [0.717, 1.165) is 17.9 Å².